The zero-order chi connectivity index (χ0) is 29.4. The fraction of sp³-hybridized carbons (Fsp3) is 0.0968. The van der Waals surface area contributed by atoms with Crippen LogP contribution in [0.4, 0.5) is 22.0 Å². The minimum absolute atomic E-state index is 0.0567. The third-order valence-corrected chi connectivity index (χ3v) is 5.05. The lowest BCUT2D eigenvalue weighted by molar-refractivity contribution is -0.142. The summed E-state index contributed by atoms with van der Waals surface area (Å²) < 4.78 is 74.8. The van der Waals surface area contributed by atoms with Crippen molar-refractivity contribution in [1.29, 1.82) is 0 Å². The van der Waals surface area contributed by atoms with Crippen LogP contribution in [0.2, 0.25) is 0 Å². The highest BCUT2D eigenvalue weighted by Gasteiger charge is 2.38. The summed E-state index contributed by atoms with van der Waals surface area (Å²) >= 11 is 0. The second kappa shape index (κ2) is 12.6. The molecule has 0 saturated carbocycles. The maximum absolute atomic E-state index is 13.7. The number of rotatable bonds is 5. The molecule has 0 atom stereocenters. The van der Waals surface area contributed by atoms with Gasteiger partial charge < -0.3 is 9.47 Å². The van der Waals surface area contributed by atoms with Crippen molar-refractivity contribution in [2.45, 2.75) is 19.5 Å². The SMILES string of the molecule is C=C(C)C(=O)Oc1ccc(C#Cc2ccc(C#Cc3ccc(OC(=O)C(=C)C(F)(F)F)cc3)c(C(F)F)c2)cc1. The molecule has 3 rings (SSSR count). The zero-order valence-corrected chi connectivity index (χ0v) is 20.9. The van der Waals surface area contributed by atoms with E-state index in [2.05, 4.69) is 41.6 Å². The molecule has 0 aliphatic carbocycles. The Morgan fingerprint density at radius 3 is 1.65 bits per heavy atom. The van der Waals surface area contributed by atoms with E-state index in [1.165, 1.54) is 49.4 Å². The lowest BCUT2D eigenvalue weighted by atomic mass is 10.0. The normalized spacial score (nSPS) is 10.5. The van der Waals surface area contributed by atoms with Crippen LogP contribution >= 0.6 is 0 Å². The van der Waals surface area contributed by atoms with Crippen molar-refractivity contribution in [2.24, 2.45) is 0 Å². The van der Waals surface area contributed by atoms with Gasteiger partial charge in [0.15, 0.2) is 0 Å². The van der Waals surface area contributed by atoms with Crippen LogP contribution in [0.15, 0.2) is 91.0 Å². The van der Waals surface area contributed by atoms with Crippen LogP contribution in [0.25, 0.3) is 0 Å². The first-order valence-corrected chi connectivity index (χ1v) is 11.4. The number of esters is 2. The Labute approximate surface area is 226 Å². The molecule has 0 radical (unpaired) electrons. The monoisotopic (exact) mass is 550 g/mol. The van der Waals surface area contributed by atoms with Crippen LogP contribution in [0, 0.1) is 23.7 Å². The summed E-state index contributed by atoms with van der Waals surface area (Å²) in [7, 11) is 0. The molecule has 0 aliphatic heterocycles. The number of hydrogen-bond acceptors (Lipinski definition) is 4. The minimum Gasteiger partial charge on any atom is -0.423 e. The van der Waals surface area contributed by atoms with E-state index >= 15 is 0 Å². The van der Waals surface area contributed by atoms with Gasteiger partial charge >= 0.3 is 18.1 Å². The van der Waals surface area contributed by atoms with Gasteiger partial charge in [0.2, 0.25) is 0 Å². The van der Waals surface area contributed by atoms with Gasteiger partial charge in [0.1, 0.15) is 17.1 Å². The molecule has 0 fully saturated rings. The molecule has 40 heavy (non-hydrogen) atoms. The van der Waals surface area contributed by atoms with Gasteiger partial charge in [0.05, 0.1) is 0 Å². The van der Waals surface area contributed by atoms with Gasteiger partial charge in [-0.25, -0.2) is 18.4 Å². The van der Waals surface area contributed by atoms with Crippen LogP contribution in [-0.2, 0) is 9.59 Å². The van der Waals surface area contributed by atoms with Gasteiger partial charge in [0.25, 0.3) is 6.43 Å². The number of ether oxygens (including phenoxy) is 2. The average molecular weight is 550 g/mol. The van der Waals surface area contributed by atoms with Crippen LogP contribution < -0.4 is 9.47 Å². The third-order valence-electron chi connectivity index (χ3n) is 5.05. The van der Waals surface area contributed by atoms with E-state index in [9.17, 15) is 31.5 Å². The molecule has 0 N–H and O–H groups in total. The van der Waals surface area contributed by atoms with Crippen molar-refractivity contribution < 1.29 is 41.0 Å². The van der Waals surface area contributed by atoms with Gasteiger partial charge in [0, 0.05) is 33.4 Å². The predicted molar refractivity (Wildman–Crippen MR) is 138 cm³/mol. The number of alkyl halides is 5. The van der Waals surface area contributed by atoms with Crippen molar-refractivity contribution in [2.75, 3.05) is 0 Å². The Kier molecular flexibility index (Phi) is 9.26. The van der Waals surface area contributed by atoms with Crippen LogP contribution in [0.5, 0.6) is 11.5 Å². The molecule has 0 aliphatic rings. The Morgan fingerprint density at radius 2 is 1.18 bits per heavy atom. The number of hydrogen-bond donors (Lipinski definition) is 0. The maximum Gasteiger partial charge on any atom is 0.422 e. The quantitative estimate of drug-likeness (QED) is 0.114. The summed E-state index contributed by atoms with van der Waals surface area (Å²) in [6.07, 6.45) is -7.75. The maximum atomic E-state index is 13.7. The molecule has 202 valence electrons. The fourth-order valence-electron chi connectivity index (χ4n) is 2.91. The Bertz CT molecular complexity index is 1580. The number of carbonyl (C=O) groups is 2. The minimum atomic E-state index is -4.92. The molecule has 3 aromatic rings. The Hall–Kier alpha value is -5.15. The summed E-state index contributed by atoms with van der Waals surface area (Å²) in [5.74, 6) is 8.93. The van der Waals surface area contributed by atoms with Gasteiger partial charge in [-0.05, 0) is 73.7 Å². The molecule has 0 spiro atoms. The standard InChI is InChI=1S/C31H19F5O4/c1-19(2)29(37)39-25-14-8-21(9-15-25)4-5-23-7-13-24(27(18-23)28(32)33)12-6-22-10-16-26(17-11-22)40-30(38)20(3)31(34,35)36/h7-11,13-18,28H,1,3H2,2H3. The number of benzene rings is 3. The molecule has 3 aromatic carbocycles. The van der Waals surface area contributed by atoms with E-state index in [0.29, 0.717) is 22.4 Å². The molecule has 0 aromatic heterocycles. The van der Waals surface area contributed by atoms with E-state index in [4.69, 9.17) is 4.74 Å². The highest BCUT2D eigenvalue weighted by atomic mass is 19.4. The summed E-state index contributed by atoms with van der Waals surface area (Å²) in [5.41, 5.74) is -0.444. The smallest absolute Gasteiger partial charge is 0.422 e. The summed E-state index contributed by atoms with van der Waals surface area (Å²) in [4.78, 5) is 23.1. The van der Waals surface area contributed by atoms with Crippen molar-refractivity contribution in [3.63, 3.8) is 0 Å². The van der Waals surface area contributed by atoms with E-state index in [1.54, 1.807) is 24.3 Å². The van der Waals surface area contributed by atoms with Gasteiger partial charge in [-0.3, -0.25) is 0 Å². The molecule has 0 bridgehead atoms. The third kappa shape index (κ3) is 8.17. The largest absolute Gasteiger partial charge is 0.423 e. The lowest BCUT2D eigenvalue weighted by Crippen LogP contribution is -2.23. The molecular weight excluding hydrogens is 531 g/mol. The van der Waals surface area contributed by atoms with Crippen molar-refractivity contribution in [3.05, 3.63) is 119 Å². The molecule has 0 saturated heterocycles. The molecule has 0 heterocycles. The van der Waals surface area contributed by atoms with Crippen molar-refractivity contribution in [1.82, 2.24) is 0 Å². The fourth-order valence-corrected chi connectivity index (χ4v) is 2.91. The van der Waals surface area contributed by atoms with Crippen LogP contribution in [-0.4, -0.2) is 18.1 Å². The first kappa shape index (κ1) is 29.4. The Morgan fingerprint density at radius 1 is 0.725 bits per heavy atom. The highest BCUT2D eigenvalue weighted by molar-refractivity contribution is 5.90. The second-order valence-electron chi connectivity index (χ2n) is 8.19. The van der Waals surface area contributed by atoms with Gasteiger partial charge in [-0.2, -0.15) is 13.2 Å². The summed E-state index contributed by atoms with van der Waals surface area (Å²) in [6, 6.07) is 15.6. The molecule has 9 heteroatoms. The molecule has 4 nitrogen and oxygen atoms in total. The van der Waals surface area contributed by atoms with Crippen LogP contribution in [0.1, 0.15) is 41.2 Å². The van der Waals surface area contributed by atoms with Crippen molar-refractivity contribution >= 4 is 11.9 Å². The first-order chi connectivity index (χ1) is 18.8. The van der Waals surface area contributed by atoms with Gasteiger partial charge in [-0.1, -0.05) is 36.8 Å². The first-order valence-electron chi connectivity index (χ1n) is 11.4. The van der Waals surface area contributed by atoms with E-state index in [0.717, 1.165) is 0 Å². The predicted octanol–water partition coefficient (Wildman–Crippen LogP) is 6.93. The van der Waals surface area contributed by atoms with E-state index in [-0.39, 0.29) is 22.4 Å². The molecule has 0 unspecified atom stereocenters. The second-order valence-corrected chi connectivity index (χ2v) is 8.19. The highest BCUT2D eigenvalue weighted by Crippen LogP contribution is 2.26. The Balaban J connectivity index is 1.73. The molecular formula is C31H19F5O4. The summed E-state index contributed by atoms with van der Waals surface area (Å²) in [6.45, 7) is 7.69. The zero-order valence-electron chi connectivity index (χ0n) is 20.9. The van der Waals surface area contributed by atoms with Crippen molar-refractivity contribution in [3.8, 4) is 35.2 Å². The topological polar surface area (TPSA) is 52.6 Å². The lowest BCUT2D eigenvalue weighted by Gasteiger charge is -2.09. The van der Waals surface area contributed by atoms with Gasteiger partial charge in [-0.15, -0.1) is 0 Å². The number of halogens is 5. The summed E-state index contributed by atoms with van der Waals surface area (Å²) in [5, 5.41) is 0. The molecule has 0 amide bonds. The number of carbonyl (C=O) groups excluding carboxylic acids is 2. The van der Waals surface area contributed by atoms with Crippen LogP contribution in [0.3, 0.4) is 0 Å². The van der Waals surface area contributed by atoms with E-state index < -0.39 is 30.1 Å². The average Bonchev–Trinajstić information content (AvgIpc) is 2.91. The van der Waals surface area contributed by atoms with E-state index in [1.807, 2.05) is 0 Å².